The van der Waals surface area contributed by atoms with Crippen LogP contribution in [0.15, 0.2) is 30.6 Å². The van der Waals surface area contributed by atoms with E-state index in [2.05, 4.69) is 43.2 Å². The molecule has 0 spiro atoms. The first kappa shape index (κ1) is 13.6. The third kappa shape index (κ3) is 3.12. The molecular formula is C16H20N2O. The Hall–Kier alpha value is -1.87. The number of hydrogen-bond donors (Lipinski definition) is 1. The van der Waals surface area contributed by atoms with Gasteiger partial charge >= 0.3 is 0 Å². The number of hydrogen-bond acceptors (Lipinski definition) is 3. The topological polar surface area (TPSA) is 34.2 Å². The maximum atomic E-state index is 6.05. The minimum absolute atomic E-state index is 0.766. The number of aryl methyl sites for hydroxylation is 2. The van der Waals surface area contributed by atoms with E-state index in [1.807, 2.05) is 13.1 Å². The van der Waals surface area contributed by atoms with Crippen LogP contribution in [0, 0.1) is 20.8 Å². The van der Waals surface area contributed by atoms with Gasteiger partial charge in [-0.15, -0.1) is 0 Å². The van der Waals surface area contributed by atoms with Crippen LogP contribution >= 0.6 is 0 Å². The lowest BCUT2D eigenvalue weighted by Gasteiger charge is -2.14. The van der Waals surface area contributed by atoms with Crippen LogP contribution in [-0.2, 0) is 6.54 Å². The summed E-state index contributed by atoms with van der Waals surface area (Å²) < 4.78 is 6.05. The summed E-state index contributed by atoms with van der Waals surface area (Å²) in [6.45, 7) is 7.03. The summed E-state index contributed by atoms with van der Waals surface area (Å²) in [4.78, 5) is 4.15. The third-order valence-electron chi connectivity index (χ3n) is 3.22. The molecule has 0 aliphatic carbocycles. The highest BCUT2D eigenvalue weighted by atomic mass is 16.5. The van der Waals surface area contributed by atoms with Crippen LogP contribution in [0.1, 0.15) is 22.3 Å². The van der Waals surface area contributed by atoms with Gasteiger partial charge in [-0.25, -0.2) is 0 Å². The Bertz CT molecular complexity index is 579. The van der Waals surface area contributed by atoms with Gasteiger partial charge in [0.05, 0.1) is 6.20 Å². The molecular weight excluding hydrogens is 236 g/mol. The summed E-state index contributed by atoms with van der Waals surface area (Å²) in [6.07, 6.45) is 3.55. The largest absolute Gasteiger partial charge is 0.455 e. The first-order valence-electron chi connectivity index (χ1n) is 6.45. The predicted molar refractivity (Wildman–Crippen MR) is 77.7 cm³/mol. The predicted octanol–water partition coefficient (Wildman–Crippen LogP) is 3.52. The third-order valence-corrected chi connectivity index (χ3v) is 3.22. The van der Waals surface area contributed by atoms with Crippen molar-refractivity contribution in [1.29, 1.82) is 0 Å². The quantitative estimate of drug-likeness (QED) is 0.908. The molecule has 3 heteroatoms. The van der Waals surface area contributed by atoms with Gasteiger partial charge in [0, 0.05) is 18.3 Å². The molecule has 0 bridgehead atoms. The molecule has 0 aliphatic heterocycles. The maximum absolute atomic E-state index is 6.05. The van der Waals surface area contributed by atoms with E-state index in [1.165, 1.54) is 16.7 Å². The van der Waals surface area contributed by atoms with Gasteiger partial charge < -0.3 is 10.1 Å². The zero-order valence-corrected chi connectivity index (χ0v) is 11.9. The number of benzene rings is 1. The monoisotopic (exact) mass is 256 g/mol. The van der Waals surface area contributed by atoms with Crippen molar-refractivity contribution in [3.63, 3.8) is 0 Å². The number of rotatable bonds is 4. The summed E-state index contributed by atoms with van der Waals surface area (Å²) in [5.41, 5.74) is 4.73. The standard InChI is InChI=1S/C16H20N2O/c1-11-7-12(2)13(3)15(8-11)19-16-10-18-6-5-14(16)9-17-4/h5-8,10,17H,9H2,1-4H3. The van der Waals surface area contributed by atoms with Crippen molar-refractivity contribution in [2.75, 3.05) is 7.05 Å². The van der Waals surface area contributed by atoms with Crippen molar-refractivity contribution >= 4 is 0 Å². The highest BCUT2D eigenvalue weighted by molar-refractivity contribution is 5.45. The second-order valence-electron chi connectivity index (χ2n) is 4.82. The zero-order chi connectivity index (χ0) is 13.8. The van der Waals surface area contributed by atoms with Gasteiger partial charge in [0.15, 0.2) is 0 Å². The lowest BCUT2D eigenvalue weighted by atomic mass is 10.1. The van der Waals surface area contributed by atoms with Gasteiger partial charge in [-0.1, -0.05) is 6.07 Å². The van der Waals surface area contributed by atoms with Gasteiger partial charge in [0.1, 0.15) is 11.5 Å². The van der Waals surface area contributed by atoms with Crippen molar-refractivity contribution < 1.29 is 4.74 Å². The Morgan fingerprint density at radius 2 is 1.95 bits per heavy atom. The highest BCUT2D eigenvalue weighted by Gasteiger charge is 2.08. The van der Waals surface area contributed by atoms with Crippen molar-refractivity contribution in [2.24, 2.45) is 0 Å². The van der Waals surface area contributed by atoms with Crippen LogP contribution in [0.2, 0.25) is 0 Å². The smallest absolute Gasteiger partial charge is 0.150 e. The van der Waals surface area contributed by atoms with Crippen molar-refractivity contribution in [3.8, 4) is 11.5 Å². The van der Waals surface area contributed by atoms with Gasteiger partial charge in [0.2, 0.25) is 0 Å². The number of nitrogens with one attached hydrogen (secondary N) is 1. The first-order chi connectivity index (χ1) is 9.11. The molecule has 100 valence electrons. The van der Waals surface area contributed by atoms with E-state index in [-0.39, 0.29) is 0 Å². The fraction of sp³-hybridized carbons (Fsp3) is 0.312. The number of aromatic nitrogens is 1. The second-order valence-corrected chi connectivity index (χ2v) is 4.82. The Morgan fingerprint density at radius 3 is 2.68 bits per heavy atom. The van der Waals surface area contributed by atoms with Crippen LogP contribution < -0.4 is 10.1 Å². The van der Waals surface area contributed by atoms with Crippen LogP contribution in [0.4, 0.5) is 0 Å². The van der Waals surface area contributed by atoms with Gasteiger partial charge in [-0.2, -0.15) is 0 Å². The Balaban J connectivity index is 2.36. The summed E-state index contributed by atoms with van der Waals surface area (Å²) in [6, 6.07) is 6.21. The molecule has 0 amide bonds. The Kier molecular flexibility index (Phi) is 4.17. The highest BCUT2D eigenvalue weighted by Crippen LogP contribution is 2.29. The Morgan fingerprint density at radius 1 is 1.16 bits per heavy atom. The Labute approximate surface area is 114 Å². The molecule has 0 radical (unpaired) electrons. The van der Waals surface area contributed by atoms with Gasteiger partial charge in [0.25, 0.3) is 0 Å². The van der Waals surface area contributed by atoms with Gasteiger partial charge in [-0.3, -0.25) is 4.98 Å². The molecule has 2 rings (SSSR count). The number of ether oxygens (including phenoxy) is 1. The van der Waals surface area contributed by atoms with E-state index < -0.39 is 0 Å². The molecule has 0 saturated carbocycles. The molecule has 1 aromatic carbocycles. The lowest BCUT2D eigenvalue weighted by molar-refractivity contribution is 0.467. The molecule has 19 heavy (non-hydrogen) atoms. The SMILES string of the molecule is CNCc1ccncc1Oc1cc(C)cc(C)c1C. The van der Waals surface area contributed by atoms with Crippen molar-refractivity contribution in [2.45, 2.75) is 27.3 Å². The van der Waals surface area contributed by atoms with Gasteiger partial charge in [-0.05, 0) is 56.6 Å². The summed E-state index contributed by atoms with van der Waals surface area (Å²) in [5.74, 6) is 1.72. The zero-order valence-electron chi connectivity index (χ0n) is 11.9. The van der Waals surface area contributed by atoms with E-state index in [0.717, 1.165) is 23.6 Å². The van der Waals surface area contributed by atoms with Crippen molar-refractivity contribution in [3.05, 3.63) is 52.8 Å². The van der Waals surface area contributed by atoms with Crippen LogP contribution in [0.25, 0.3) is 0 Å². The van der Waals surface area contributed by atoms with Crippen LogP contribution in [0.5, 0.6) is 11.5 Å². The first-order valence-corrected chi connectivity index (χ1v) is 6.45. The molecule has 0 fully saturated rings. The molecule has 0 atom stereocenters. The molecule has 0 aliphatic rings. The minimum atomic E-state index is 0.766. The molecule has 1 aromatic heterocycles. The van der Waals surface area contributed by atoms with E-state index in [0.29, 0.717) is 0 Å². The fourth-order valence-corrected chi connectivity index (χ4v) is 2.06. The molecule has 3 nitrogen and oxygen atoms in total. The lowest BCUT2D eigenvalue weighted by Crippen LogP contribution is -2.06. The van der Waals surface area contributed by atoms with E-state index in [9.17, 15) is 0 Å². The fourth-order valence-electron chi connectivity index (χ4n) is 2.06. The summed E-state index contributed by atoms with van der Waals surface area (Å²) in [5, 5.41) is 3.14. The van der Waals surface area contributed by atoms with E-state index in [1.54, 1.807) is 12.4 Å². The van der Waals surface area contributed by atoms with Crippen molar-refractivity contribution in [1.82, 2.24) is 10.3 Å². The molecule has 1 N–H and O–H groups in total. The van der Waals surface area contributed by atoms with E-state index >= 15 is 0 Å². The normalized spacial score (nSPS) is 10.5. The van der Waals surface area contributed by atoms with E-state index in [4.69, 9.17) is 4.74 Å². The molecule has 1 heterocycles. The number of pyridine rings is 1. The average Bonchev–Trinajstić information content (AvgIpc) is 2.38. The molecule has 0 unspecified atom stereocenters. The molecule has 2 aromatic rings. The second kappa shape index (κ2) is 5.85. The van der Waals surface area contributed by atoms with Crippen LogP contribution in [-0.4, -0.2) is 12.0 Å². The van der Waals surface area contributed by atoms with Crippen LogP contribution in [0.3, 0.4) is 0 Å². The number of nitrogens with zero attached hydrogens (tertiary/aromatic N) is 1. The molecule has 0 saturated heterocycles. The summed E-state index contributed by atoms with van der Waals surface area (Å²) >= 11 is 0. The average molecular weight is 256 g/mol. The minimum Gasteiger partial charge on any atom is -0.455 e. The maximum Gasteiger partial charge on any atom is 0.150 e. The summed E-state index contributed by atoms with van der Waals surface area (Å²) in [7, 11) is 1.92.